The molecule has 0 saturated carbocycles. The molecule has 0 radical (unpaired) electrons. The van der Waals surface area contributed by atoms with E-state index in [1.807, 2.05) is 6.26 Å². The summed E-state index contributed by atoms with van der Waals surface area (Å²) < 4.78 is 27.2. The maximum Gasteiger partial charge on any atom is 0.321 e. The highest BCUT2D eigenvalue weighted by Crippen LogP contribution is 2.13. The number of hydrogen-bond acceptors (Lipinski definition) is 4. The highest BCUT2D eigenvalue weighted by atomic mass is 127. The zero-order chi connectivity index (χ0) is 14.5. The van der Waals surface area contributed by atoms with Crippen LogP contribution in [-0.4, -0.2) is 37.5 Å². The first-order valence-corrected chi connectivity index (χ1v) is 9.32. The van der Waals surface area contributed by atoms with Gasteiger partial charge >= 0.3 is 5.97 Å². The second-order valence-corrected chi connectivity index (χ2v) is 7.69. The van der Waals surface area contributed by atoms with Crippen molar-refractivity contribution in [2.45, 2.75) is 17.4 Å². The predicted octanol–water partition coefficient (Wildman–Crippen LogP) is 1.78. The summed E-state index contributed by atoms with van der Waals surface area (Å²) in [6.45, 7) is 0. The number of thioether (sulfide) groups is 1. The molecule has 2 N–H and O–H groups in total. The number of sulfonamides is 1. The number of carboxylic acid groups (broad SMARTS) is 1. The van der Waals surface area contributed by atoms with Crippen molar-refractivity contribution in [2.24, 2.45) is 0 Å². The van der Waals surface area contributed by atoms with Crippen molar-refractivity contribution >= 4 is 50.3 Å². The van der Waals surface area contributed by atoms with E-state index in [0.29, 0.717) is 5.75 Å². The van der Waals surface area contributed by atoms with E-state index in [2.05, 4.69) is 27.3 Å². The Morgan fingerprint density at radius 3 is 2.47 bits per heavy atom. The largest absolute Gasteiger partial charge is 0.480 e. The summed E-state index contributed by atoms with van der Waals surface area (Å²) in [5, 5.41) is 9.02. The lowest BCUT2D eigenvalue weighted by Gasteiger charge is -2.14. The smallest absolute Gasteiger partial charge is 0.321 e. The van der Waals surface area contributed by atoms with Crippen LogP contribution in [0, 0.1) is 3.57 Å². The summed E-state index contributed by atoms with van der Waals surface area (Å²) >= 11 is 3.54. The van der Waals surface area contributed by atoms with Crippen molar-refractivity contribution in [2.75, 3.05) is 12.0 Å². The van der Waals surface area contributed by atoms with E-state index in [1.54, 1.807) is 12.1 Å². The first kappa shape index (κ1) is 16.7. The fourth-order valence-electron chi connectivity index (χ4n) is 1.34. The van der Waals surface area contributed by atoms with Gasteiger partial charge in [0.15, 0.2) is 0 Å². The lowest BCUT2D eigenvalue weighted by Crippen LogP contribution is -2.41. The van der Waals surface area contributed by atoms with Crippen LogP contribution in [0.4, 0.5) is 0 Å². The van der Waals surface area contributed by atoms with Gasteiger partial charge in [-0.25, -0.2) is 8.42 Å². The second kappa shape index (κ2) is 7.46. The molecule has 0 aromatic heterocycles. The van der Waals surface area contributed by atoms with E-state index >= 15 is 0 Å². The van der Waals surface area contributed by atoms with Crippen LogP contribution in [0.1, 0.15) is 6.42 Å². The molecule has 1 atom stereocenters. The van der Waals surface area contributed by atoms with Crippen molar-refractivity contribution in [3.63, 3.8) is 0 Å². The number of carbonyl (C=O) groups is 1. The van der Waals surface area contributed by atoms with Crippen LogP contribution in [0.15, 0.2) is 29.2 Å². The first-order valence-electron chi connectivity index (χ1n) is 5.36. The summed E-state index contributed by atoms with van der Waals surface area (Å²) in [5.74, 6) is -0.588. The minimum absolute atomic E-state index is 0.0725. The molecule has 0 aliphatic heterocycles. The summed E-state index contributed by atoms with van der Waals surface area (Å²) in [4.78, 5) is 11.1. The predicted molar refractivity (Wildman–Crippen MR) is 83.9 cm³/mol. The van der Waals surface area contributed by atoms with Crippen molar-refractivity contribution < 1.29 is 18.3 Å². The van der Waals surface area contributed by atoms with Crippen LogP contribution >= 0.6 is 34.4 Å². The molecule has 19 heavy (non-hydrogen) atoms. The van der Waals surface area contributed by atoms with E-state index in [9.17, 15) is 13.2 Å². The number of carboxylic acids is 1. The van der Waals surface area contributed by atoms with Crippen LogP contribution in [0.2, 0.25) is 0 Å². The number of nitrogens with one attached hydrogen (secondary N) is 1. The van der Waals surface area contributed by atoms with E-state index < -0.39 is 22.0 Å². The van der Waals surface area contributed by atoms with Gasteiger partial charge in [-0.1, -0.05) is 0 Å². The van der Waals surface area contributed by atoms with Crippen molar-refractivity contribution in [3.8, 4) is 0 Å². The van der Waals surface area contributed by atoms with Gasteiger partial charge in [0.05, 0.1) is 4.90 Å². The molecule has 1 rings (SSSR count). The third-order valence-electron chi connectivity index (χ3n) is 2.33. The fraction of sp³-hybridized carbons (Fsp3) is 0.364. The molecule has 0 saturated heterocycles. The van der Waals surface area contributed by atoms with Crippen molar-refractivity contribution in [1.82, 2.24) is 4.72 Å². The molecule has 0 aliphatic carbocycles. The molecule has 0 unspecified atom stereocenters. The fourth-order valence-corrected chi connectivity index (χ4v) is 3.39. The monoisotopic (exact) mass is 415 g/mol. The third-order valence-corrected chi connectivity index (χ3v) is 5.18. The normalized spacial score (nSPS) is 13.2. The van der Waals surface area contributed by atoms with E-state index in [1.165, 1.54) is 23.9 Å². The molecule has 0 bridgehead atoms. The Bertz CT molecular complexity index is 530. The standard InChI is InChI=1S/C11H14INO4S2/c1-18-7-6-10(11(14)15)13-19(16,17)9-4-2-8(12)3-5-9/h2-5,10,13H,6-7H2,1H3,(H,14,15)/t10-/m0/s1. The Morgan fingerprint density at radius 1 is 1.42 bits per heavy atom. The topological polar surface area (TPSA) is 83.5 Å². The lowest BCUT2D eigenvalue weighted by atomic mass is 10.2. The second-order valence-electron chi connectivity index (χ2n) is 3.75. The van der Waals surface area contributed by atoms with E-state index in [0.717, 1.165) is 3.57 Å². The van der Waals surface area contributed by atoms with Crippen LogP contribution in [0.5, 0.6) is 0 Å². The van der Waals surface area contributed by atoms with Crippen LogP contribution < -0.4 is 4.72 Å². The van der Waals surface area contributed by atoms with Gasteiger partial charge in [-0.2, -0.15) is 16.5 Å². The minimum Gasteiger partial charge on any atom is -0.480 e. The summed E-state index contributed by atoms with van der Waals surface area (Å²) in [6, 6.07) is 5.13. The lowest BCUT2D eigenvalue weighted by molar-refractivity contribution is -0.139. The summed E-state index contributed by atoms with van der Waals surface area (Å²) in [5.41, 5.74) is 0. The van der Waals surface area contributed by atoms with Gasteiger partial charge in [-0.15, -0.1) is 0 Å². The van der Waals surface area contributed by atoms with Crippen LogP contribution in [0.3, 0.4) is 0 Å². The number of halogens is 1. The Balaban J connectivity index is 2.87. The Morgan fingerprint density at radius 2 is 2.00 bits per heavy atom. The maximum absolute atomic E-state index is 12.0. The van der Waals surface area contributed by atoms with Gasteiger partial charge in [-0.3, -0.25) is 4.79 Å². The van der Waals surface area contributed by atoms with E-state index in [-0.39, 0.29) is 11.3 Å². The molecular weight excluding hydrogens is 401 g/mol. The molecule has 0 amide bonds. The van der Waals surface area contributed by atoms with Crippen molar-refractivity contribution in [1.29, 1.82) is 0 Å². The zero-order valence-electron chi connectivity index (χ0n) is 10.2. The Hall–Kier alpha value is -0.320. The number of aliphatic carboxylic acids is 1. The Kier molecular flexibility index (Phi) is 6.57. The molecule has 8 heteroatoms. The highest BCUT2D eigenvalue weighted by Gasteiger charge is 2.24. The number of rotatable bonds is 7. The summed E-state index contributed by atoms with van der Waals surface area (Å²) in [7, 11) is -3.80. The molecule has 0 aliphatic rings. The molecular formula is C11H14INO4S2. The molecule has 0 fully saturated rings. The molecule has 5 nitrogen and oxygen atoms in total. The van der Waals surface area contributed by atoms with E-state index in [4.69, 9.17) is 5.11 Å². The average molecular weight is 415 g/mol. The molecule has 0 heterocycles. The highest BCUT2D eigenvalue weighted by molar-refractivity contribution is 14.1. The minimum atomic E-state index is -3.80. The molecule has 0 spiro atoms. The van der Waals surface area contributed by atoms with Gasteiger partial charge in [0.2, 0.25) is 10.0 Å². The number of benzene rings is 1. The third kappa shape index (κ3) is 5.28. The maximum atomic E-state index is 12.0. The summed E-state index contributed by atoms with van der Waals surface area (Å²) in [6.07, 6.45) is 2.09. The zero-order valence-corrected chi connectivity index (χ0v) is 14.0. The molecule has 1 aromatic rings. The SMILES string of the molecule is CSCC[C@H](NS(=O)(=O)c1ccc(I)cc1)C(=O)O. The van der Waals surface area contributed by atoms with Gasteiger partial charge in [0.25, 0.3) is 0 Å². The van der Waals surface area contributed by atoms with Gasteiger partial charge in [-0.05, 0) is 65.3 Å². The van der Waals surface area contributed by atoms with Gasteiger partial charge < -0.3 is 5.11 Å². The van der Waals surface area contributed by atoms with Crippen LogP contribution in [-0.2, 0) is 14.8 Å². The molecule has 1 aromatic carbocycles. The first-order chi connectivity index (χ1) is 8.86. The molecule has 106 valence electrons. The van der Waals surface area contributed by atoms with Gasteiger partial charge in [0.1, 0.15) is 6.04 Å². The Labute approximate surface area is 130 Å². The van der Waals surface area contributed by atoms with Crippen molar-refractivity contribution in [3.05, 3.63) is 27.8 Å². The van der Waals surface area contributed by atoms with Crippen LogP contribution in [0.25, 0.3) is 0 Å². The average Bonchev–Trinajstić information content (AvgIpc) is 2.34. The quantitative estimate of drug-likeness (QED) is 0.664. The van der Waals surface area contributed by atoms with Gasteiger partial charge in [0, 0.05) is 3.57 Å². The number of hydrogen-bond donors (Lipinski definition) is 2.